The average molecular weight is 319 g/mol. The third-order valence-electron chi connectivity index (χ3n) is 2.19. The Kier molecular flexibility index (Phi) is 4.52. The first-order valence-corrected chi connectivity index (χ1v) is 6.51. The summed E-state index contributed by atoms with van der Waals surface area (Å²) < 4.78 is 0. The largest absolute Gasteiger partial charge is 0.256 e. The molecule has 0 aliphatic carbocycles. The van der Waals surface area contributed by atoms with Gasteiger partial charge in [-0.25, -0.2) is 0 Å². The van der Waals surface area contributed by atoms with Crippen molar-refractivity contribution in [3.05, 3.63) is 62.1 Å². The van der Waals surface area contributed by atoms with Crippen molar-refractivity contribution in [1.82, 2.24) is 0 Å². The van der Waals surface area contributed by atoms with E-state index in [1.807, 2.05) is 12.1 Å². The van der Waals surface area contributed by atoms with Crippen molar-refractivity contribution < 1.29 is 0 Å². The van der Waals surface area contributed by atoms with E-state index in [1.165, 1.54) is 0 Å². The van der Waals surface area contributed by atoms with Gasteiger partial charge in [-0.2, -0.15) is 0 Å². The molecule has 2 aromatic rings. The first-order chi connectivity index (χ1) is 8.56. The second kappa shape index (κ2) is 5.94. The third-order valence-corrected chi connectivity index (χ3v) is 3.27. The molecule has 0 atom stereocenters. The van der Waals surface area contributed by atoms with Gasteiger partial charge in [-0.05, 0) is 30.3 Å². The Labute approximate surface area is 125 Å². The maximum atomic E-state index is 6.05. The normalized spacial score (nSPS) is 11.1. The fraction of sp³-hybridized carbons (Fsp3) is 0. The van der Waals surface area contributed by atoms with Gasteiger partial charge >= 0.3 is 0 Å². The molecule has 18 heavy (non-hydrogen) atoms. The Balaban J connectivity index is 2.35. The summed E-state index contributed by atoms with van der Waals surface area (Å²) in [7, 11) is 0. The van der Waals surface area contributed by atoms with Crippen molar-refractivity contribution in [1.29, 1.82) is 0 Å². The second-order valence-electron chi connectivity index (χ2n) is 3.52. The smallest absolute Gasteiger partial charge is 0.0644 e. The molecule has 92 valence electrons. The molecule has 0 bridgehead atoms. The number of hydrogen-bond donors (Lipinski definition) is 0. The summed E-state index contributed by atoms with van der Waals surface area (Å²) >= 11 is 23.8. The van der Waals surface area contributed by atoms with E-state index in [0.717, 1.165) is 5.69 Å². The van der Waals surface area contributed by atoms with Crippen LogP contribution < -0.4 is 0 Å². The van der Waals surface area contributed by atoms with Gasteiger partial charge < -0.3 is 0 Å². The number of rotatable bonds is 2. The Morgan fingerprint density at radius 1 is 0.833 bits per heavy atom. The summed E-state index contributed by atoms with van der Waals surface area (Å²) in [6.07, 6.45) is 1.59. The van der Waals surface area contributed by atoms with Crippen LogP contribution in [0.4, 0.5) is 5.69 Å². The molecule has 0 aliphatic heterocycles. The van der Waals surface area contributed by atoms with E-state index in [9.17, 15) is 0 Å². The molecule has 0 aromatic heterocycles. The SMILES string of the molecule is Clc1cccc(N=Cc2c(Cl)cc(Cl)cc2Cl)c1. The van der Waals surface area contributed by atoms with E-state index in [-0.39, 0.29) is 0 Å². The van der Waals surface area contributed by atoms with Gasteiger partial charge in [0.25, 0.3) is 0 Å². The maximum Gasteiger partial charge on any atom is 0.0644 e. The molecule has 0 amide bonds. The van der Waals surface area contributed by atoms with Gasteiger partial charge in [-0.1, -0.05) is 52.5 Å². The highest BCUT2D eigenvalue weighted by Gasteiger charge is 2.05. The third kappa shape index (κ3) is 3.39. The van der Waals surface area contributed by atoms with Crippen molar-refractivity contribution >= 4 is 58.3 Å². The molecular weight excluding hydrogens is 312 g/mol. The lowest BCUT2D eigenvalue weighted by atomic mass is 10.2. The van der Waals surface area contributed by atoms with E-state index in [2.05, 4.69) is 4.99 Å². The summed E-state index contributed by atoms with van der Waals surface area (Å²) in [5.41, 5.74) is 1.35. The fourth-order valence-corrected chi connectivity index (χ4v) is 2.47. The molecule has 0 aliphatic rings. The summed E-state index contributed by atoms with van der Waals surface area (Å²) in [5.74, 6) is 0. The van der Waals surface area contributed by atoms with Crippen molar-refractivity contribution in [3.63, 3.8) is 0 Å². The van der Waals surface area contributed by atoms with Crippen LogP contribution in [0.1, 0.15) is 5.56 Å². The van der Waals surface area contributed by atoms with Crippen LogP contribution in [-0.2, 0) is 0 Å². The first-order valence-electron chi connectivity index (χ1n) is 5.00. The highest BCUT2D eigenvalue weighted by atomic mass is 35.5. The minimum absolute atomic E-state index is 0.457. The van der Waals surface area contributed by atoms with Crippen molar-refractivity contribution in [2.45, 2.75) is 0 Å². The topological polar surface area (TPSA) is 12.4 Å². The van der Waals surface area contributed by atoms with Crippen LogP contribution in [-0.4, -0.2) is 6.21 Å². The van der Waals surface area contributed by atoms with Crippen LogP contribution in [0.5, 0.6) is 0 Å². The Morgan fingerprint density at radius 3 is 2.11 bits per heavy atom. The van der Waals surface area contributed by atoms with Crippen LogP contribution in [0.15, 0.2) is 41.4 Å². The second-order valence-corrected chi connectivity index (χ2v) is 5.21. The first kappa shape index (κ1) is 13.7. The van der Waals surface area contributed by atoms with Crippen molar-refractivity contribution in [3.8, 4) is 0 Å². The minimum Gasteiger partial charge on any atom is -0.256 e. The zero-order valence-electron chi connectivity index (χ0n) is 9.00. The van der Waals surface area contributed by atoms with Gasteiger partial charge in [0.1, 0.15) is 0 Å². The van der Waals surface area contributed by atoms with Crippen LogP contribution >= 0.6 is 46.4 Å². The van der Waals surface area contributed by atoms with Gasteiger partial charge in [-0.15, -0.1) is 0 Å². The lowest BCUT2D eigenvalue weighted by Crippen LogP contribution is -1.85. The predicted molar refractivity (Wildman–Crippen MR) is 80.2 cm³/mol. The zero-order valence-corrected chi connectivity index (χ0v) is 12.0. The summed E-state index contributed by atoms with van der Waals surface area (Å²) in [5, 5.41) is 2.03. The van der Waals surface area contributed by atoms with Crippen molar-refractivity contribution in [2.75, 3.05) is 0 Å². The molecule has 0 N–H and O–H groups in total. The van der Waals surface area contributed by atoms with E-state index in [0.29, 0.717) is 25.7 Å². The average Bonchev–Trinajstić information content (AvgIpc) is 2.27. The number of nitrogens with zero attached hydrogens (tertiary/aromatic N) is 1. The Hall–Kier alpha value is -0.730. The molecule has 0 heterocycles. The monoisotopic (exact) mass is 317 g/mol. The van der Waals surface area contributed by atoms with E-state index in [1.54, 1.807) is 30.5 Å². The molecule has 0 unspecified atom stereocenters. The van der Waals surface area contributed by atoms with Gasteiger partial charge in [0.2, 0.25) is 0 Å². The maximum absolute atomic E-state index is 6.05. The summed E-state index contributed by atoms with van der Waals surface area (Å²) in [4.78, 5) is 4.27. The minimum atomic E-state index is 0.457. The van der Waals surface area contributed by atoms with Crippen LogP contribution in [0.25, 0.3) is 0 Å². The highest BCUT2D eigenvalue weighted by Crippen LogP contribution is 2.28. The highest BCUT2D eigenvalue weighted by molar-refractivity contribution is 6.41. The molecule has 0 saturated carbocycles. The van der Waals surface area contributed by atoms with E-state index < -0.39 is 0 Å². The quantitative estimate of drug-likeness (QED) is 0.597. The van der Waals surface area contributed by atoms with Gasteiger partial charge in [0, 0.05) is 21.8 Å². The molecule has 0 radical (unpaired) electrons. The molecule has 2 rings (SSSR count). The van der Waals surface area contributed by atoms with E-state index >= 15 is 0 Å². The standard InChI is InChI=1S/C13H7Cl4N/c14-8-2-1-3-10(4-8)18-7-11-12(16)5-9(15)6-13(11)17/h1-7H. The van der Waals surface area contributed by atoms with Gasteiger partial charge in [0.15, 0.2) is 0 Å². The van der Waals surface area contributed by atoms with Crippen LogP contribution in [0.3, 0.4) is 0 Å². The molecule has 0 spiro atoms. The molecule has 0 fully saturated rings. The lowest BCUT2D eigenvalue weighted by Gasteiger charge is -2.02. The number of halogens is 4. The van der Waals surface area contributed by atoms with Crippen LogP contribution in [0.2, 0.25) is 20.1 Å². The number of hydrogen-bond acceptors (Lipinski definition) is 1. The number of benzene rings is 2. The molecule has 1 nitrogen and oxygen atoms in total. The summed E-state index contributed by atoms with van der Waals surface area (Å²) in [6.45, 7) is 0. The van der Waals surface area contributed by atoms with E-state index in [4.69, 9.17) is 46.4 Å². The van der Waals surface area contributed by atoms with Crippen molar-refractivity contribution in [2.24, 2.45) is 4.99 Å². The molecular formula is C13H7Cl4N. The molecule has 2 aromatic carbocycles. The zero-order chi connectivity index (χ0) is 13.1. The van der Waals surface area contributed by atoms with Gasteiger partial charge in [-0.3, -0.25) is 4.99 Å². The Morgan fingerprint density at radius 2 is 1.50 bits per heavy atom. The van der Waals surface area contributed by atoms with Crippen LogP contribution in [0, 0.1) is 0 Å². The Bertz CT molecular complexity index is 585. The summed E-state index contributed by atoms with van der Waals surface area (Å²) in [6, 6.07) is 10.4. The molecule has 0 saturated heterocycles. The fourth-order valence-electron chi connectivity index (χ4n) is 1.37. The van der Waals surface area contributed by atoms with Gasteiger partial charge in [0.05, 0.1) is 15.7 Å². The lowest BCUT2D eigenvalue weighted by molar-refractivity contribution is 1.52. The molecule has 5 heteroatoms. The predicted octanol–water partition coefficient (Wildman–Crippen LogP) is 6.05. The number of aliphatic imine (C=N–C) groups is 1.